The maximum atomic E-state index is 5.72. The molecule has 0 aliphatic heterocycles. The number of halogens is 1. The average molecular weight is 464 g/mol. The number of benzene rings is 2. The van der Waals surface area contributed by atoms with Crippen LogP contribution in [0.4, 0.5) is 6.01 Å². The zero-order chi connectivity index (χ0) is 20.5. The van der Waals surface area contributed by atoms with E-state index >= 15 is 0 Å². The Morgan fingerprint density at radius 3 is 2.60 bits per heavy atom. The van der Waals surface area contributed by atoms with Crippen molar-refractivity contribution in [2.45, 2.75) is 6.61 Å². The number of hydrogen-bond donors (Lipinski definition) is 1. The second kappa shape index (κ2) is 7.60. The van der Waals surface area contributed by atoms with E-state index in [2.05, 4.69) is 36.0 Å². The summed E-state index contributed by atoms with van der Waals surface area (Å²) >= 11 is 3.41. The molecule has 0 atom stereocenters. The fourth-order valence-electron chi connectivity index (χ4n) is 2.87. The minimum absolute atomic E-state index is 0.115. The number of fused-ring (bicyclic) bond motifs is 1. The Morgan fingerprint density at radius 1 is 0.967 bits per heavy atom. The van der Waals surface area contributed by atoms with Crippen LogP contribution in [0.25, 0.3) is 33.9 Å². The summed E-state index contributed by atoms with van der Waals surface area (Å²) < 4.78 is 17.4. The molecule has 2 aromatic carbocycles. The van der Waals surface area contributed by atoms with Crippen LogP contribution in [0.2, 0.25) is 0 Å². The van der Waals surface area contributed by atoms with Crippen molar-refractivity contribution in [3.63, 3.8) is 0 Å². The van der Waals surface area contributed by atoms with Crippen molar-refractivity contribution in [1.82, 2.24) is 20.1 Å². The highest BCUT2D eigenvalue weighted by Crippen LogP contribution is 2.26. The monoisotopic (exact) mass is 463 g/mol. The number of aromatic nitrogens is 4. The molecule has 0 amide bonds. The number of hydrogen-bond acceptors (Lipinski definition) is 8. The van der Waals surface area contributed by atoms with Crippen molar-refractivity contribution in [2.24, 2.45) is 0 Å². The Hall–Kier alpha value is -3.72. The number of pyridine rings is 1. The van der Waals surface area contributed by atoms with Gasteiger partial charge in [-0.25, -0.2) is 4.98 Å². The van der Waals surface area contributed by atoms with Gasteiger partial charge in [-0.1, -0.05) is 33.2 Å². The number of nitrogens with zero attached hydrogens (tertiary/aromatic N) is 4. The minimum atomic E-state index is 0.115. The topological polar surface area (TPSA) is 113 Å². The SMILES string of the molecule is Nc1nc2cc(-c3noc(-c4ccc(OCc5ccc(Br)cc5)nc4)n3)ccc2o1. The highest BCUT2D eigenvalue weighted by atomic mass is 79.9. The molecule has 0 unspecified atom stereocenters. The Balaban J connectivity index is 1.31. The molecule has 5 aromatic rings. The lowest BCUT2D eigenvalue weighted by Gasteiger charge is -2.05. The number of oxazole rings is 1. The molecule has 3 heterocycles. The van der Waals surface area contributed by atoms with Gasteiger partial charge in [0.2, 0.25) is 11.7 Å². The molecule has 148 valence electrons. The van der Waals surface area contributed by atoms with Gasteiger partial charge in [0.05, 0.1) is 5.56 Å². The smallest absolute Gasteiger partial charge is 0.292 e. The third-order valence-corrected chi connectivity index (χ3v) is 4.90. The summed E-state index contributed by atoms with van der Waals surface area (Å²) in [5.74, 6) is 1.30. The van der Waals surface area contributed by atoms with Crippen molar-refractivity contribution in [3.8, 4) is 28.7 Å². The van der Waals surface area contributed by atoms with E-state index in [1.807, 2.05) is 36.4 Å². The highest BCUT2D eigenvalue weighted by Gasteiger charge is 2.13. The van der Waals surface area contributed by atoms with Gasteiger partial charge in [-0.3, -0.25) is 0 Å². The van der Waals surface area contributed by atoms with Crippen LogP contribution in [-0.4, -0.2) is 20.1 Å². The maximum absolute atomic E-state index is 5.72. The van der Waals surface area contributed by atoms with Crippen LogP contribution < -0.4 is 10.5 Å². The Bertz CT molecular complexity index is 1310. The van der Waals surface area contributed by atoms with Gasteiger partial charge in [-0.05, 0) is 42.0 Å². The van der Waals surface area contributed by atoms with Gasteiger partial charge in [0, 0.05) is 22.3 Å². The van der Waals surface area contributed by atoms with Crippen LogP contribution in [0.5, 0.6) is 5.88 Å². The Morgan fingerprint density at radius 2 is 1.80 bits per heavy atom. The maximum Gasteiger partial charge on any atom is 0.292 e. The van der Waals surface area contributed by atoms with E-state index in [1.165, 1.54) is 0 Å². The molecule has 0 saturated heterocycles. The van der Waals surface area contributed by atoms with Gasteiger partial charge in [0.15, 0.2) is 5.58 Å². The van der Waals surface area contributed by atoms with Gasteiger partial charge in [0.25, 0.3) is 11.9 Å². The third-order valence-electron chi connectivity index (χ3n) is 4.37. The van der Waals surface area contributed by atoms with E-state index in [1.54, 1.807) is 24.4 Å². The van der Waals surface area contributed by atoms with Gasteiger partial charge in [-0.2, -0.15) is 9.97 Å². The molecule has 9 heteroatoms. The molecule has 30 heavy (non-hydrogen) atoms. The van der Waals surface area contributed by atoms with E-state index in [4.69, 9.17) is 19.4 Å². The largest absolute Gasteiger partial charge is 0.473 e. The summed E-state index contributed by atoms with van der Waals surface area (Å²) in [5.41, 5.74) is 9.30. The Labute approximate surface area is 178 Å². The summed E-state index contributed by atoms with van der Waals surface area (Å²) in [6, 6.07) is 17.0. The van der Waals surface area contributed by atoms with Crippen molar-refractivity contribution >= 4 is 33.0 Å². The van der Waals surface area contributed by atoms with E-state index < -0.39 is 0 Å². The third kappa shape index (κ3) is 3.74. The fourth-order valence-corrected chi connectivity index (χ4v) is 3.14. The molecule has 0 bridgehead atoms. The highest BCUT2D eigenvalue weighted by molar-refractivity contribution is 9.10. The summed E-state index contributed by atoms with van der Waals surface area (Å²) in [6.45, 7) is 0.430. The second-order valence-corrected chi connectivity index (χ2v) is 7.37. The number of rotatable bonds is 5. The lowest BCUT2D eigenvalue weighted by Crippen LogP contribution is -1.97. The predicted molar refractivity (Wildman–Crippen MR) is 113 cm³/mol. The zero-order valence-corrected chi connectivity index (χ0v) is 17.0. The molecule has 5 rings (SSSR count). The standard InChI is InChI=1S/C21H14BrN5O3/c22-15-5-1-12(2-6-15)11-28-18-8-4-14(10-24-18)20-26-19(27-30-20)13-3-7-17-16(9-13)25-21(23)29-17/h1-10H,11H2,(H2,23,25). The van der Waals surface area contributed by atoms with E-state index in [-0.39, 0.29) is 6.01 Å². The molecular formula is C21H14BrN5O3. The van der Waals surface area contributed by atoms with Crippen LogP contribution in [0.15, 0.2) is 74.2 Å². The van der Waals surface area contributed by atoms with Crippen LogP contribution in [-0.2, 0) is 6.61 Å². The van der Waals surface area contributed by atoms with Crippen molar-refractivity contribution in [1.29, 1.82) is 0 Å². The molecule has 2 N–H and O–H groups in total. The second-order valence-electron chi connectivity index (χ2n) is 6.46. The lowest BCUT2D eigenvalue weighted by atomic mass is 10.2. The van der Waals surface area contributed by atoms with Crippen molar-refractivity contribution in [2.75, 3.05) is 5.73 Å². The van der Waals surface area contributed by atoms with Crippen LogP contribution in [0.1, 0.15) is 5.56 Å². The number of ether oxygens (including phenoxy) is 1. The minimum Gasteiger partial charge on any atom is -0.473 e. The van der Waals surface area contributed by atoms with E-state index in [0.717, 1.165) is 15.6 Å². The first kappa shape index (κ1) is 18.3. The van der Waals surface area contributed by atoms with Crippen LogP contribution in [0.3, 0.4) is 0 Å². The van der Waals surface area contributed by atoms with Gasteiger partial charge in [-0.15, -0.1) is 0 Å². The van der Waals surface area contributed by atoms with Gasteiger partial charge < -0.3 is 19.4 Å². The molecular weight excluding hydrogens is 450 g/mol. The first-order valence-corrected chi connectivity index (χ1v) is 9.77. The summed E-state index contributed by atoms with van der Waals surface area (Å²) in [7, 11) is 0. The number of anilines is 1. The Kier molecular flexibility index (Phi) is 4.64. The number of nitrogens with two attached hydrogens (primary N) is 1. The fraction of sp³-hybridized carbons (Fsp3) is 0.0476. The first-order chi connectivity index (χ1) is 14.6. The zero-order valence-electron chi connectivity index (χ0n) is 15.4. The normalized spacial score (nSPS) is 11.1. The molecule has 0 aliphatic rings. The predicted octanol–water partition coefficient (Wildman–Crippen LogP) is 4.86. The van der Waals surface area contributed by atoms with E-state index in [9.17, 15) is 0 Å². The molecule has 0 aliphatic carbocycles. The van der Waals surface area contributed by atoms with E-state index in [0.29, 0.717) is 40.9 Å². The van der Waals surface area contributed by atoms with Crippen LogP contribution in [0, 0.1) is 0 Å². The first-order valence-electron chi connectivity index (χ1n) is 8.98. The molecule has 3 aromatic heterocycles. The molecule has 0 fully saturated rings. The average Bonchev–Trinajstić information content (AvgIpc) is 3.39. The van der Waals surface area contributed by atoms with Crippen molar-refractivity contribution in [3.05, 3.63) is 70.8 Å². The molecule has 0 radical (unpaired) electrons. The summed E-state index contributed by atoms with van der Waals surface area (Å²) in [5, 5.41) is 4.04. The molecule has 0 saturated carbocycles. The van der Waals surface area contributed by atoms with Gasteiger partial charge >= 0.3 is 0 Å². The summed E-state index contributed by atoms with van der Waals surface area (Å²) in [6.07, 6.45) is 1.63. The van der Waals surface area contributed by atoms with Gasteiger partial charge in [0.1, 0.15) is 12.1 Å². The van der Waals surface area contributed by atoms with Crippen LogP contribution >= 0.6 is 15.9 Å². The number of nitrogen functional groups attached to an aromatic ring is 1. The summed E-state index contributed by atoms with van der Waals surface area (Å²) in [4.78, 5) is 12.9. The quantitative estimate of drug-likeness (QED) is 0.392. The molecule has 8 nitrogen and oxygen atoms in total. The lowest BCUT2D eigenvalue weighted by molar-refractivity contribution is 0.294. The molecule has 0 spiro atoms. The van der Waals surface area contributed by atoms with Crippen molar-refractivity contribution < 1.29 is 13.7 Å².